The second kappa shape index (κ2) is 10.2. The molecule has 0 aromatic heterocycles. The molecule has 2 N–H and O–H groups in total. The Hall–Kier alpha value is -1.89. The highest BCUT2D eigenvalue weighted by molar-refractivity contribution is 5.88. The number of hydrogen-bond acceptors (Lipinski definition) is 4. The molecule has 0 aliphatic heterocycles. The lowest BCUT2D eigenvalue weighted by Gasteiger charge is -2.30. The van der Waals surface area contributed by atoms with Crippen molar-refractivity contribution in [1.82, 2.24) is 10.2 Å². The molecule has 0 aliphatic carbocycles. The zero-order valence-corrected chi connectivity index (χ0v) is 16.4. The minimum Gasteiger partial charge on any atom is -0.478 e. The highest BCUT2D eigenvalue weighted by atomic mass is 16.5. The lowest BCUT2D eigenvalue weighted by Crippen LogP contribution is -2.48. The van der Waals surface area contributed by atoms with Gasteiger partial charge in [0, 0.05) is 19.7 Å². The van der Waals surface area contributed by atoms with Gasteiger partial charge >= 0.3 is 5.97 Å². The number of methoxy groups -OCH3 is 1. The fourth-order valence-corrected chi connectivity index (χ4v) is 2.39. The van der Waals surface area contributed by atoms with Crippen LogP contribution in [0.1, 0.15) is 41.0 Å². The summed E-state index contributed by atoms with van der Waals surface area (Å²) < 4.78 is 5.09. The number of likely N-dealkylation sites (N-methyl/N-ethyl adjacent to an activating group) is 1. The number of nitrogens with zero attached hydrogens (tertiary/aromatic N) is 1. The molecule has 0 saturated carbocycles. The summed E-state index contributed by atoms with van der Waals surface area (Å²) in [6.07, 6.45) is 2.15. The zero-order valence-electron chi connectivity index (χ0n) is 16.4. The first kappa shape index (κ1) is 23.1. The molecule has 0 radical (unpaired) electrons. The molecule has 0 saturated heterocycles. The van der Waals surface area contributed by atoms with Crippen LogP contribution in [0.3, 0.4) is 0 Å². The number of aliphatic carboxylic acids is 1. The van der Waals surface area contributed by atoms with Crippen LogP contribution in [0.25, 0.3) is 0 Å². The Morgan fingerprint density at radius 2 is 1.88 bits per heavy atom. The van der Waals surface area contributed by atoms with Gasteiger partial charge in [0.05, 0.1) is 24.6 Å². The molecule has 0 bridgehead atoms. The average Bonchev–Trinajstić information content (AvgIpc) is 2.55. The van der Waals surface area contributed by atoms with E-state index in [4.69, 9.17) is 9.84 Å². The largest absolute Gasteiger partial charge is 0.478 e. The van der Waals surface area contributed by atoms with E-state index >= 15 is 0 Å². The first-order valence-electron chi connectivity index (χ1n) is 8.44. The van der Waals surface area contributed by atoms with Crippen molar-refractivity contribution >= 4 is 17.8 Å². The highest BCUT2D eigenvalue weighted by Gasteiger charge is 2.32. The number of carboxylic acids is 1. The maximum Gasteiger partial charge on any atom is 0.331 e. The third-order valence-corrected chi connectivity index (χ3v) is 4.47. The number of nitrogens with one attached hydrogen (secondary N) is 1. The average molecular weight is 356 g/mol. The SMILES string of the molecule is CCC(C)(COC)C(=O)NCC(=O)N(C)[C@H](/C=C(\C)C(=O)O)C(C)C. The molecular formula is C18H32N2O5. The van der Waals surface area contributed by atoms with Gasteiger partial charge in [0.2, 0.25) is 11.8 Å². The first-order valence-corrected chi connectivity index (χ1v) is 8.44. The van der Waals surface area contributed by atoms with Gasteiger partial charge in [-0.3, -0.25) is 9.59 Å². The van der Waals surface area contributed by atoms with Crippen LogP contribution in [0.15, 0.2) is 11.6 Å². The summed E-state index contributed by atoms with van der Waals surface area (Å²) in [5, 5.41) is 11.7. The van der Waals surface area contributed by atoms with Crippen molar-refractivity contribution < 1.29 is 24.2 Å². The lowest BCUT2D eigenvalue weighted by atomic mass is 9.87. The van der Waals surface area contributed by atoms with Crippen molar-refractivity contribution in [3.8, 4) is 0 Å². The standard InChI is InChI=1S/C18H32N2O5/c1-8-18(5,11-25-7)17(24)19-10-15(21)20(6)14(12(2)3)9-13(4)16(22)23/h9,12,14H,8,10-11H2,1-7H3,(H,19,24)(H,22,23)/b13-9+/t14-,18?/m1/s1. The third kappa shape index (κ3) is 6.86. The summed E-state index contributed by atoms with van der Waals surface area (Å²) in [5.41, 5.74) is -0.508. The van der Waals surface area contributed by atoms with Crippen LogP contribution in [0.5, 0.6) is 0 Å². The van der Waals surface area contributed by atoms with Crippen molar-refractivity contribution in [2.75, 3.05) is 27.3 Å². The number of carboxylic acid groups (broad SMARTS) is 1. The summed E-state index contributed by atoms with van der Waals surface area (Å²) in [7, 11) is 3.14. The lowest BCUT2D eigenvalue weighted by molar-refractivity contribution is -0.138. The molecular weight excluding hydrogens is 324 g/mol. The number of amides is 2. The number of ether oxygens (including phenoxy) is 1. The quantitative estimate of drug-likeness (QED) is 0.581. The van der Waals surface area contributed by atoms with Gasteiger partial charge in [-0.1, -0.05) is 26.8 Å². The first-order chi connectivity index (χ1) is 11.5. The Kier molecular flexibility index (Phi) is 9.41. The Morgan fingerprint density at radius 1 is 1.32 bits per heavy atom. The minimum absolute atomic E-state index is 0.0355. The summed E-state index contributed by atoms with van der Waals surface area (Å²) >= 11 is 0. The molecule has 144 valence electrons. The van der Waals surface area contributed by atoms with E-state index in [9.17, 15) is 14.4 Å². The van der Waals surface area contributed by atoms with E-state index in [0.717, 1.165) is 0 Å². The van der Waals surface area contributed by atoms with Gasteiger partial charge in [-0.25, -0.2) is 4.79 Å². The van der Waals surface area contributed by atoms with Crippen molar-refractivity contribution in [3.63, 3.8) is 0 Å². The molecule has 2 atom stereocenters. The Labute approximate surface area is 150 Å². The van der Waals surface area contributed by atoms with Gasteiger partial charge < -0.3 is 20.1 Å². The molecule has 7 heteroatoms. The number of hydrogen-bond donors (Lipinski definition) is 2. The van der Waals surface area contributed by atoms with Crippen LogP contribution in [0.2, 0.25) is 0 Å². The highest BCUT2D eigenvalue weighted by Crippen LogP contribution is 2.21. The van der Waals surface area contributed by atoms with Gasteiger partial charge in [0.15, 0.2) is 0 Å². The van der Waals surface area contributed by atoms with Crippen LogP contribution >= 0.6 is 0 Å². The zero-order chi connectivity index (χ0) is 19.8. The monoisotopic (exact) mass is 356 g/mol. The molecule has 0 aromatic rings. The Balaban J connectivity index is 5.01. The predicted molar refractivity (Wildman–Crippen MR) is 96.1 cm³/mol. The second-order valence-corrected chi connectivity index (χ2v) is 6.92. The fourth-order valence-electron chi connectivity index (χ4n) is 2.39. The maximum atomic E-state index is 12.4. The van der Waals surface area contributed by atoms with E-state index < -0.39 is 11.4 Å². The predicted octanol–water partition coefficient (Wildman–Crippen LogP) is 1.68. The number of rotatable bonds is 10. The van der Waals surface area contributed by atoms with Crippen molar-refractivity contribution in [3.05, 3.63) is 11.6 Å². The van der Waals surface area contributed by atoms with Crippen molar-refractivity contribution in [2.24, 2.45) is 11.3 Å². The topological polar surface area (TPSA) is 95.9 Å². The van der Waals surface area contributed by atoms with Gasteiger partial charge in [0.25, 0.3) is 0 Å². The van der Waals surface area contributed by atoms with Crippen molar-refractivity contribution in [1.29, 1.82) is 0 Å². The summed E-state index contributed by atoms with van der Waals surface area (Å²) in [6, 6.07) is -0.364. The molecule has 7 nitrogen and oxygen atoms in total. The van der Waals surface area contributed by atoms with E-state index in [-0.39, 0.29) is 42.5 Å². The van der Waals surface area contributed by atoms with Crippen LogP contribution in [0.4, 0.5) is 0 Å². The number of carbonyl (C=O) groups excluding carboxylic acids is 2. The smallest absolute Gasteiger partial charge is 0.331 e. The van der Waals surface area contributed by atoms with E-state index in [1.807, 2.05) is 20.8 Å². The van der Waals surface area contributed by atoms with E-state index in [2.05, 4.69) is 5.32 Å². The molecule has 0 aromatic carbocycles. The van der Waals surface area contributed by atoms with Crippen LogP contribution in [-0.2, 0) is 19.1 Å². The molecule has 25 heavy (non-hydrogen) atoms. The Bertz CT molecular complexity index is 516. The molecule has 0 aliphatic rings. The van der Waals surface area contributed by atoms with Crippen LogP contribution in [0, 0.1) is 11.3 Å². The maximum absolute atomic E-state index is 12.4. The molecule has 2 amide bonds. The Morgan fingerprint density at radius 3 is 2.28 bits per heavy atom. The molecule has 0 rings (SSSR count). The second-order valence-electron chi connectivity index (χ2n) is 6.92. The third-order valence-electron chi connectivity index (χ3n) is 4.47. The summed E-state index contributed by atoms with van der Waals surface area (Å²) in [5.74, 6) is -1.50. The normalized spacial score (nSPS) is 15.4. The molecule has 0 heterocycles. The molecule has 0 spiro atoms. The molecule has 0 fully saturated rings. The fraction of sp³-hybridized carbons (Fsp3) is 0.722. The van der Waals surface area contributed by atoms with Crippen LogP contribution in [-0.4, -0.2) is 61.1 Å². The van der Waals surface area contributed by atoms with E-state index in [1.54, 1.807) is 20.0 Å². The van der Waals surface area contributed by atoms with Crippen LogP contribution < -0.4 is 5.32 Å². The van der Waals surface area contributed by atoms with Gasteiger partial charge in [0.1, 0.15) is 0 Å². The van der Waals surface area contributed by atoms with Gasteiger partial charge in [-0.2, -0.15) is 0 Å². The van der Waals surface area contributed by atoms with Gasteiger partial charge in [-0.05, 0) is 26.2 Å². The van der Waals surface area contributed by atoms with Gasteiger partial charge in [-0.15, -0.1) is 0 Å². The van der Waals surface area contributed by atoms with Crippen molar-refractivity contribution in [2.45, 2.75) is 47.1 Å². The minimum atomic E-state index is -1.02. The molecule has 1 unspecified atom stereocenters. The van der Waals surface area contributed by atoms with E-state index in [0.29, 0.717) is 6.42 Å². The summed E-state index contributed by atoms with van der Waals surface area (Å²) in [6.45, 7) is 9.12. The number of carbonyl (C=O) groups is 3. The van der Waals surface area contributed by atoms with E-state index in [1.165, 1.54) is 18.9 Å². The summed E-state index contributed by atoms with van der Waals surface area (Å²) in [4.78, 5) is 37.3.